The first-order valence-corrected chi connectivity index (χ1v) is 8.95. The quantitative estimate of drug-likeness (QED) is 0.786. The molecule has 4 nitrogen and oxygen atoms in total. The molecule has 2 aromatic rings. The molecular formula is C15H19NO3S2. The summed E-state index contributed by atoms with van der Waals surface area (Å²) in [7, 11) is -1.95. The second kappa shape index (κ2) is 7.17. The summed E-state index contributed by atoms with van der Waals surface area (Å²) in [5.74, 6) is 0. The zero-order valence-electron chi connectivity index (χ0n) is 12.2. The third-order valence-corrected chi connectivity index (χ3v) is 6.04. The molecule has 0 fully saturated rings. The summed E-state index contributed by atoms with van der Waals surface area (Å²) in [6.07, 6.45) is 0. The van der Waals surface area contributed by atoms with E-state index in [2.05, 4.69) is 0 Å². The maximum absolute atomic E-state index is 12.9. The van der Waals surface area contributed by atoms with Gasteiger partial charge in [-0.15, -0.1) is 11.3 Å². The van der Waals surface area contributed by atoms with E-state index in [9.17, 15) is 8.42 Å². The fraction of sp³-hybridized carbons (Fsp3) is 0.333. The highest BCUT2D eigenvalue weighted by atomic mass is 32.2. The maximum Gasteiger partial charge on any atom is 0.243 e. The molecule has 1 aromatic carbocycles. The predicted octanol–water partition coefficient (Wildman–Crippen LogP) is 2.89. The van der Waals surface area contributed by atoms with Crippen LogP contribution >= 0.6 is 11.3 Å². The van der Waals surface area contributed by atoms with Crippen LogP contribution in [0, 0.1) is 6.92 Å². The molecular weight excluding hydrogens is 306 g/mol. The summed E-state index contributed by atoms with van der Waals surface area (Å²) in [5.41, 5.74) is 0.756. The molecule has 0 N–H and O–H groups in total. The largest absolute Gasteiger partial charge is 0.383 e. The molecule has 0 spiro atoms. The minimum absolute atomic E-state index is 0.338. The second-order valence-electron chi connectivity index (χ2n) is 4.68. The molecule has 0 unspecified atom stereocenters. The lowest BCUT2D eigenvalue weighted by Crippen LogP contribution is -2.33. The van der Waals surface area contributed by atoms with Gasteiger partial charge in [-0.25, -0.2) is 8.42 Å². The molecule has 6 heteroatoms. The van der Waals surface area contributed by atoms with E-state index in [1.54, 1.807) is 30.6 Å². The van der Waals surface area contributed by atoms with Crippen molar-refractivity contribution in [2.24, 2.45) is 0 Å². The van der Waals surface area contributed by atoms with E-state index >= 15 is 0 Å². The predicted molar refractivity (Wildman–Crippen MR) is 85.0 cm³/mol. The maximum atomic E-state index is 12.9. The van der Waals surface area contributed by atoms with Crippen molar-refractivity contribution >= 4 is 21.4 Å². The van der Waals surface area contributed by atoms with Gasteiger partial charge >= 0.3 is 0 Å². The molecule has 0 radical (unpaired) electrons. The van der Waals surface area contributed by atoms with Gasteiger partial charge in [0.1, 0.15) is 0 Å². The molecule has 0 saturated heterocycles. The third kappa shape index (κ3) is 3.91. The Balaban J connectivity index is 2.32. The van der Waals surface area contributed by atoms with Gasteiger partial charge in [0, 0.05) is 25.1 Å². The van der Waals surface area contributed by atoms with E-state index in [-0.39, 0.29) is 0 Å². The van der Waals surface area contributed by atoms with Gasteiger partial charge in [0.15, 0.2) is 0 Å². The lowest BCUT2D eigenvalue weighted by molar-refractivity contribution is 0.177. The number of nitrogens with zero attached hydrogens (tertiary/aromatic N) is 1. The topological polar surface area (TPSA) is 46.6 Å². The summed E-state index contributed by atoms with van der Waals surface area (Å²) in [4.78, 5) is 1.38. The van der Waals surface area contributed by atoms with Crippen LogP contribution in [0.25, 0.3) is 0 Å². The first-order valence-electron chi connectivity index (χ1n) is 6.63. The summed E-state index contributed by atoms with van der Waals surface area (Å²) >= 11 is 1.55. The Hall–Kier alpha value is -1.21. The van der Waals surface area contributed by atoms with Gasteiger partial charge in [-0.1, -0.05) is 24.3 Å². The van der Waals surface area contributed by atoms with Crippen LogP contribution in [-0.2, 0) is 21.3 Å². The monoisotopic (exact) mass is 325 g/mol. The smallest absolute Gasteiger partial charge is 0.243 e. The fourth-order valence-corrected chi connectivity index (χ4v) is 4.47. The second-order valence-corrected chi connectivity index (χ2v) is 7.61. The number of hydrogen-bond acceptors (Lipinski definition) is 4. The molecule has 0 aliphatic heterocycles. The lowest BCUT2D eigenvalue weighted by atomic mass is 10.2. The molecule has 114 valence electrons. The minimum Gasteiger partial charge on any atom is -0.383 e. The molecule has 0 atom stereocenters. The van der Waals surface area contributed by atoms with Crippen molar-refractivity contribution < 1.29 is 13.2 Å². The molecule has 0 bridgehead atoms. The van der Waals surface area contributed by atoms with Crippen LogP contribution in [0.4, 0.5) is 0 Å². The Morgan fingerprint density at radius 1 is 1.19 bits per heavy atom. The average Bonchev–Trinajstić information content (AvgIpc) is 2.96. The molecule has 21 heavy (non-hydrogen) atoms. The van der Waals surface area contributed by atoms with E-state index < -0.39 is 10.0 Å². The van der Waals surface area contributed by atoms with Crippen molar-refractivity contribution in [3.63, 3.8) is 0 Å². The highest BCUT2D eigenvalue weighted by molar-refractivity contribution is 7.89. The number of aryl methyl sites for hydroxylation is 1. The van der Waals surface area contributed by atoms with Crippen molar-refractivity contribution in [2.45, 2.75) is 18.4 Å². The van der Waals surface area contributed by atoms with Crippen LogP contribution in [0.5, 0.6) is 0 Å². The number of thiophene rings is 1. The van der Waals surface area contributed by atoms with Crippen molar-refractivity contribution in [1.82, 2.24) is 4.31 Å². The minimum atomic E-state index is -3.52. The van der Waals surface area contributed by atoms with E-state index in [1.807, 2.05) is 36.6 Å². The Kier molecular flexibility index (Phi) is 5.52. The number of rotatable bonds is 7. The Labute approximate surface area is 130 Å². The third-order valence-electron chi connectivity index (χ3n) is 3.17. The Morgan fingerprint density at radius 2 is 1.95 bits per heavy atom. The van der Waals surface area contributed by atoms with Gasteiger partial charge in [-0.3, -0.25) is 0 Å². The van der Waals surface area contributed by atoms with Crippen LogP contribution in [0.15, 0.2) is 46.7 Å². The summed E-state index contributed by atoms with van der Waals surface area (Å²) < 4.78 is 32.2. The number of sulfonamides is 1. The molecule has 0 saturated carbocycles. The molecule has 1 aromatic heterocycles. The van der Waals surface area contributed by atoms with Gasteiger partial charge in [-0.05, 0) is 30.0 Å². The van der Waals surface area contributed by atoms with Crippen LogP contribution in [0.2, 0.25) is 0 Å². The molecule has 1 heterocycles. The number of methoxy groups -OCH3 is 1. The van der Waals surface area contributed by atoms with E-state index in [1.165, 1.54) is 4.31 Å². The van der Waals surface area contributed by atoms with Gasteiger partial charge in [0.25, 0.3) is 0 Å². The fourth-order valence-electron chi connectivity index (χ4n) is 2.04. The van der Waals surface area contributed by atoms with Crippen LogP contribution in [0.3, 0.4) is 0 Å². The van der Waals surface area contributed by atoms with Crippen molar-refractivity contribution in [2.75, 3.05) is 20.3 Å². The van der Waals surface area contributed by atoms with E-state index in [4.69, 9.17) is 4.74 Å². The Morgan fingerprint density at radius 3 is 2.57 bits per heavy atom. The van der Waals surface area contributed by atoms with Gasteiger partial charge in [0.2, 0.25) is 10.0 Å². The highest BCUT2D eigenvalue weighted by Gasteiger charge is 2.26. The van der Waals surface area contributed by atoms with Crippen LogP contribution < -0.4 is 0 Å². The highest BCUT2D eigenvalue weighted by Crippen LogP contribution is 2.22. The van der Waals surface area contributed by atoms with Gasteiger partial charge in [0.05, 0.1) is 11.5 Å². The van der Waals surface area contributed by atoms with E-state index in [0.717, 1.165) is 10.4 Å². The average molecular weight is 325 g/mol. The molecule has 0 aliphatic rings. The summed E-state index contributed by atoms with van der Waals surface area (Å²) in [6, 6.07) is 10.9. The summed E-state index contributed by atoms with van der Waals surface area (Å²) in [5, 5.41) is 1.95. The van der Waals surface area contributed by atoms with Crippen molar-refractivity contribution in [3.05, 3.63) is 52.2 Å². The van der Waals surface area contributed by atoms with E-state index in [0.29, 0.717) is 24.6 Å². The summed E-state index contributed by atoms with van der Waals surface area (Å²) in [6.45, 7) is 2.89. The number of ether oxygens (including phenoxy) is 1. The first-order chi connectivity index (χ1) is 10.1. The molecule has 0 amide bonds. The zero-order valence-corrected chi connectivity index (χ0v) is 13.8. The molecule has 2 rings (SSSR count). The lowest BCUT2D eigenvalue weighted by Gasteiger charge is -2.22. The SMILES string of the molecule is COCCN(Cc1cccs1)S(=O)(=O)c1ccccc1C. The van der Waals surface area contributed by atoms with Crippen molar-refractivity contribution in [3.8, 4) is 0 Å². The van der Waals surface area contributed by atoms with Gasteiger partial charge < -0.3 is 4.74 Å². The van der Waals surface area contributed by atoms with Crippen molar-refractivity contribution in [1.29, 1.82) is 0 Å². The van der Waals surface area contributed by atoms with Crippen LogP contribution in [0.1, 0.15) is 10.4 Å². The Bertz CT molecular complexity index is 666. The first kappa shape index (κ1) is 16.2. The normalized spacial score (nSPS) is 12.0. The molecule has 0 aliphatic carbocycles. The number of hydrogen-bond donors (Lipinski definition) is 0. The standard InChI is InChI=1S/C15H19NO3S2/c1-13-6-3-4-8-15(13)21(17,18)16(9-10-19-2)12-14-7-5-11-20-14/h3-8,11H,9-10,12H2,1-2H3. The number of benzene rings is 1. The zero-order chi connectivity index (χ0) is 15.3. The van der Waals surface area contributed by atoms with Gasteiger partial charge in [-0.2, -0.15) is 4.31 Å². The van der Waals surface area contributed by atoms with Crippen LogP contribution in [-0.4, -0.2) is 33.0 Å².